The first-order valence-corrected chi connectivity index (χ1v) is 12.5. The van der Waals surface area contributed by atoms with E-state index in [1.807, 2.05) is 4.72 Å². The van der Waals surface area contributed by atoms with E-state index in [2.05, 4.69) is 5.32 Å². The van der Waals surface area contributed by atoms with E-state index in [1.54, 1.807) is 48.5 Å². The van der Waals surface area contributed by atoms with Gasteiger partial charge in [-0.1, -0.05) is 72.3 Å². The molecule has 7 nitrogen and oxygen atoms in total. The van der Waals surface area contributed by atoms with Crippen LogP contribution >= 0.6 is 11.6 Å². The second-order valence-electron chi connectivity index (χ2n) is 7.54. The average Bonchev–Trinajstić information content (AvgIpc) is 2.86. The van der Waals surface area contributed by atoms with Crippen LogP contribution in [0, 0.1) is 0 Å². The van der Waals surface area contributed by atoms with E-state index in [0.717, 1.165) is 17.5 Å². The van der Waals surface area contributed by atoms with Crippen LogP contribution in [0.15, 0.2) is 84.3 Å². The number of hydrogen-bond donors (Lipinski definition) is 2. The molecule has 0 aliphatic rings. The highest BCUT2D eigenvalue weighted by Crippen LogP contribution is 2.34. The molecule has 12 heteroatoms. The van der Waals surface area contributed by atoms with Gasteiger partial charge in [0.2, 0.25) is 16.1 Å². The normalized spacial score (nSPS) is 12.8. The van der Waals surface area contributed by atoms with Crippen molar-refractivity contribution in [2.24, 2.45) is 0 Å². The van der Waals surface area contributed by atoms with Crippen LogP contribution < -0.4 is 10.0 Å². The summed E-state index contributed by atoms with van der Waals surface area (Å²) in [5, 5.41) is 2.94. The number of hydrogen-bond acceptors (Lipinski definition) is 5. The van der Waals surface area contributed by atoms with Gasteiger partial charge < -0.3 is 10.1 Å². The summed E-state index contributed by atoms with van der Waals surface area (Å²) in [5.74, 6) is -2.09. The maximum Gasteiger partial charge on any atom is 0.416 e. The minimum absolute atomic E-state index is 0.169. The number of nitrogens with one attached hydrogen (secondary N) is 2. The highest BCUT2D eigenvalue weighted by Gasteiger charge is 2.32. The highest BCUT2D eigenvalue weighted by molar-refractivity contribution is 7.92. The van der Waals surface area contributed by atoms with Crippen molar-refractivity contribution in [1.29, 1.82) is 0 Å². The number of alkyl halides is 3. The lowest BCUT2D eigenvalue weighted by atomic mass is 10.1. The molecule has 37 heavy (non-hydrogen) atoms. The number of halogens is 4. The van der Waals surface area contributed by atoms with E-state index < -0.39 is 46.3 Å². The molecule has 1 unspecified atom stereocenters. The zero-order valence-electron chi connectivity index (χ0n) is 18.9. The number of carbonyl (C=O) groups is 2. The number of amides is 1. The van der Waals surface area contributed by atoms with Crippen molar-refractivity contribution in [2.45, 2.75) is 12.3 Å². The summed E-state index contributed by atoms with van der Waals surface area (Å²) in [7, 11) is -4.02. The first kappa shape index (κ1) is 27.9. The van der Waals surface area contributed by atoms with Crippen LogP contribution in [0.2, 0.25) is 5.02 Å². The number of carbonyl (C=O) groups excluding carboxylic acids is 2. The Morgan fingerprint density at radius 1 is 0.973 bits per heavy atom. The van der Waals surface area contributed by atoms with Gasteiger partial charge in [0.1, 0.15) is 6.54 Å². The molecule has 0 saturated carbocycles. The zero-order valence-corrected chi connectivity index (χ0v) is 20.5. The van der Waals surface area contributed by atoms with Crippen molar-refractivity contribution in [3.8, 4) is 0 Å². The molecule has 3 aromatic rings. The quantitative estimate of drug-likeness (QED) is 0.357. The molecular formula is C25H20ClF3N2O5S. The van der Waals surface area contributed by atoms with E-state index >= 15 is 0 Å². The van der Waals surface area contributed by atoms with E-state index in [0.29, 0.717) is 11.6 Å². The Labute approximate surface area is 216 Å². The van der Waals surface area contributed by atoms with Gasteiger partial charge in [-0.3, -0.25) is 9.59 Å². The van der Waals surface area contributed by atoms with E-state index in [4.69, 9.17) is 16.3 Å². The lowest BCUT2D eigenvalue weighted by Gasteiger charge is -2.19. The van der Waals surface area contributed by atoms with Crippen LogP contribution in [0.25, 0.3) is 6.08 Å². The molecule has 0 saturated heterocycles. The third-order valence-corrected chi connectivity index (χ3v) is 6.17. The Kier molecular flexibility index (Phi) is 9.09. The van der Waals surface area contributed by atoms with Gasteiger partial charge >= 0.3 is 12.1 Å². The Bertz CT molecular complexity index is 1380. The third kappa shape index (κ3) is 8.45. The molecule has 0 fully saturated rings. The molecule has 0 aliphatic carbocycles. The van der Waals surface area contributed by atoms with Gasteiger partial charge in [0.05, 0.1) is 16.3 Å². The first-order chi connectivity index (χ1) is 17.4. The first-order valence-electron chi connectivity index (χ1n) is 10.6. The number of rotatable bonds is 9. The molecule has 0 heterocycles. The van der Waals surface area contributed by atoms with Gasteiger partial charge in [-0.25, -0.2) is 13.1 Å². The van der Waals surface area contributed by atoms with Crippen molar-refractivity contribution < 1.29 is 35.9 Å². The lowest BCUT2D eigenvalue weighted by Crippen LogP contribution is -2.33. The Morgan fingerprint density at radius 3 is 2.22 bits per heavy atom. The van der Waals surface area contributed by atoms with Crippen LogP contribution in [-0.4, -0.2) is 26.8 Å². The lowest BCUT2D eigenvalue weighted by molar-refractivity contribution is -0.153. The van der Waals surface area contributed by atoms with E-state index in [-0.39, 0.29) is 16.3 Å². The SMILES string of the molecule is O=C(CNS(=O)(=O)C=Cc1ccccc1)OC(C(=O)Nc1cc(C(F)(F)F)ccc1Cl)c1ccccc1. The molecule has 0 bridgehead atoms. The summed E-state index contributed by atoms with van der Waals surface area (Å²) in [4.78, 5) is 25.4. The van der Waals surface area contributed by atoms with Crippen molar-refractivity contribution >= 4 is 45.3 Å². The van der Waals surface area contributed by atoms with E-state index in [9.17, 15) is 31.2 Å². The summed E-state index contributed by atoms with van der Waals surface area (Å²) < 4.78 is 70.9. The largest absolute Gasteiger partial charge is 0.446 e. The van der Waals surface area contributed by atoms with Crippen LogP contribution in [0.1, 0.15) is 22.8 Å². The summed E-state index contributed by atoms with van der Waals surface area (Å²) in [6.07, 6.45) is -4.96. The molecule has 1 atom stereocenters. The highest BCUT2D eigenvalue weighted by atomic mass is 35.5. The maximum absolute atomic E-state index is 13.1. The van der Waals surface area contributed by atoms with Gasteiger partial charge in [0.15, 0.2) is 0 Å². The Balaban J connectivity index is 1.73. The van der Waals surface area contributed by atoms with Gasteiger partial charge in [0.25, 0.3) is 5.91 Å². The third-order valence-electron chi connectivity index (χ3n) is 4.80. The summed E-state index contributed by atoms with van der Waals surface area (Å²) in [6, 6.07) is 18.6. The molecule has 194 valence electrons. The molecular weight excluding hydrogens is 533 g/mol. The van der Waals surface area contributed by atoms with Gasteiger partial charge in [-0.05, 0) is 29.8 Å². The smallest absolute Gasteiger partial charge is 0.416 e. The number of anilines is 1. The van der Waals surface area contributed by atoms with Gasteiger partial charge in [0, 0.05) is 11.0 Å². The van der Waals surface area contributed by atoms with Crippen LogP contribution in [-0.2, 0) is 30.5 Å². The minimum Gasteiger partial charge on any atom is -0.446 e. The van der Waals surface area contributed by atoms with Crippen LogP contribution in [0.4, 0.5) is 18.9 Å². The number of benzene rings is 3. The van der Waals surface area contributed by atoms with Crippen molar-refractivity contribution in [2.75, 3.05) is 11.9 Å². The topological polar surface area (TPSA) is 102 Å². The van der Waals surface area contributed by atoms with Crippen molar-refractivity contribution in [3.05, 3.63) is 106 Å². The summed E-state index contributed by atoms with van der Waals surface area (Å²) in [6.45, 7) is -0.803. The fourth-order valence-electron chi connectivity index (χ4n) is 3.01. The molecule has 1 amide bonds. The van der Waals surface area contributed by atoms with Gasteiger partial charge in [-0.2, -0.15) is 13.2 Å². The molecule has 3 aromatic carbocycles. The molecule has 2 N–H and O–H groups in total. The fourth-order valence-corrected chi connectivity index (χ4v) is 3.93. The molecule has 0 aliphatic heterocycles. The molecule has 0 spiro atoms. The molecule has 0 radical (unpaired) electrons. The van der Waals surface area contributed by atoms with E-state index in [1.165, 1.54) is 18.2 Å². The zero-order chi connectivity index (χ0) is 27.1. The van der Waals surface area contributed by atoms with Crippen molar-refractivity contribution in [3.63, 3.8) is 0 Å². The molecule has 3 rings (SSSR count). The van der Waals surface area contributed by atoms with Crippen LogP contribution in [0.5, 0.6) is 0 Å². The number of sulfonamides is 1. The maximum atomic E-state index is 13.1. The second kappa shape index (κ2) is 12.0. The summed E-state index contributed by atoms with van der Waals surface area (Å²) in [5.41, 5.74) is -0.573. The average molecular weight is 553 g/mol. The Morgan fingerprint density at radius 2 is 1.59 bits per heavy atom. The second-order valence-corrected chi connectivity index (χ2v) is 9.60. The Hall–Kier alpha value is -3.67. The molecule has 0 aromatic heterocycles. The minimum atomic E-state index is -4.68. The monoisotopic (exact) mass is 552 g/mol. The fraction of sp³-hybridized carbons (Fsp3) is 0.120. The van der Waals surface area contributed by atoms with Crippen molar-refractivity contribution in [1.82, 2.24) is 4.72 Å². The standard InChI is InChI=1S/C25H20ClF3N2O5S/c26-20-12-11-19(25(27,28)29)15-21(20)31-24(33)23(18-9-5-2-6-10-18)36-22(32)16-30-37(34,35)14-13-17-7-3-1-4-8-17/h1-15,23,30H,16H2,(H,31,33). The van der Waals surface area contributed by atoms with Crippen LogP contribution in [0.3, 0.4) is 0 Å². The predicted octanol–water partition coefficient (Wildman–Crippen LogP) is 5.17. The number of esters is 1. The van der Waals surface area contributed by atoms with Gasteiger partial charge in [-0.15, -0.1) is 0 Å². The summed E-state index contributed by atoms with van der Waals surface area (Å²) >= 11 is 5.95. The predicted molar refractivity (Wildman–Crippen MR) is 133 cm³/mol. The number of ether oxygens (including phenoxy) is 1.